The number of amides is 3. The van der Waals surface area contributed by atoms with E-state index in [1.807, 2.05) is 5.32 Å². The molecule has 3 heterocycles. The van der Waals surface area contributed by atoms with Crippen molar-refractivity contribution in [2.75, 3.05) is 13.0 Å². The van der Waals surface area contributed by atoms with Crippen molar-refractivity contribution in [3.05, 3.63) is 34.1 Å². The number of benzene rings is 1. The molecule has 3 aliphatic rings. The fourth-order valence-electron chi connectivity index (χ4n) is 3.77. The average molecular weight is 446 g/mol. The summed E-state index contributed by atoms with van der Waals surface area (Å²) in [5.74, 6) is -11.6. The number of hydrogen-bond donors (Lipinski definition) is 1. The molecule has 2 fully saturated rings. The highest BCUT2D eigenvalue weighted by atomic mass is 19.2. The standard InChI is InChI=1S/C22H26F3N3O3/c1-22(2,3)27-8-6-11(7-9-27)15-17(23)12-10-28(13-4-5-14(29)26-20(13)30)21(31)16(12)19(25)18(15)24/h11,13H,4-10H2,1-3H3,(H,26,29,30)/t13-/m1/s1/i6D2,7D2,8D2,9D2. The molecule has 1 atom stereocenters. The molecule has 0 unspecified atom stereocenters. The molecule has 0 aliphatic carbocycles. The second-order valence-electron chi connectivity index (χ2n) is 8.56. The first kappa shape index (κ1) is 13.9. The number of carbonyl (C=O) groups excluding carboxylic acids is 3. The van der Waals surface area contributed by atoms with E-state index in [-0.39, 0.29) is 12.8 Å². The Morgan fingerprint density at radius 2 is 1.68 bits per heavy atom. The van der Waals surface area contributed by atoms with Crippen LogP contribution in [0.3, 0.4) is 0 Å². The number of rotatable bonds is 2. The molecule has 0 aromatic heterocycles. The molecule has 1 aromatic rings. The molecule has 31 heavy (non-hydrogen) atoms. The summed E-state index contributed by atoms with van der Waals surface area (Å²) in [5, 5.41) is 1.99. The Labute approximate surface area is 190 Å². The number of imide groups is 1. The van der Waals surface area contributed by atoms with Crippen LogP contribution in [0.1, 0.15) is 84.7 Å². The molecule has 1 aromatic carbocycles. The smallest absolute Gasteiger partial charge is 0.258 e. The molecule has 2 saturated heterocycles. The summed E-state index contributed by atoms with van der Waals surface area (Å²) < 4.78 is 115. The van der Waals surface area contributed by atoms with Gasteiger partial charge in [0.15, 0.2) is 11.6 Å². The summed E-state index contributed by atoms with van der Waals surface area (Å²) in [6, 6.07) is -1.33. The molecule has 0 radical (unpaired) electrons. The van der Waals surface area contributed by atoms with Gasteiger partial charge in [-0.05, 0) is 58.8 Å². The van der Waals surface area contributed by atoms with Gasteiger partial charge < -0.3 is 4.90 Å². The van der Waals surface area contributed by atoms with Crippen LogP contribution >= 0.6 is 0 Å². The van der Waals surface area contributed by atoms with Crippen molar-refractivity contribution >= 4 is 17.7 Å². The van der Waals surface area contributed by atoms with Gasteiger partial charge in [0.1, 0.15) is 11.9 Å². The van der Waals surface area contributed by atoms with Gasteiger partial charge in [-0.1, -0.05) is 0 Å². The van der Waals surface area contributed by atoms with Gasteiger partial charge in [0.2, 0.25) is 11.8 Å². The van der Waals surface area contributed by atoms with E-state index in [0.29, 0.717) is 9.80 Å². The van der Waals surface area contributed by atoms with Gasteiger partial charge in [0, 0.05) is 34.1 Å². The monoisotopic (exact) mass is 445 g/mol. The Balaban J connectivity index is 1.92. The highest BCUT2D eigenvalue weighted by Gasteiger charge is 2.44. The highest BCUT2D eigenvalue weighted by molar-refractivity contribution is 6.05. The minimum Gasteiger partial charge on any atom is -0.322 e. The van der Waals surface area contributed by atoms with Crippen LogP contribution in [-0.2, 0) is 16.1 Å². The van der Waals surface area contributed by atoms with E-state index >= 15 is 13.2 Å². The molecule has 6 nitrogen and oxygen atoms in total. The van der Waals surface area contributed by atoms with E-state index in [1.165, 1.54) is 20.8 Å². The minimum absolute atomic E-state index is 0.181. The molecular weight excluding hydrogens is 411 g/mol. The number of halogens is 3. The van der Waals surface area contributed by atoms with Crippen molar-refractivity contribution in [3.8, 4) is 0 Å². The zero-order valence-corrected chi connectivity index (χ0v) is 17.0. The zero-order valence-electron chi connectivity index (χ0n) is 25.0. The van der Waals surface area contributed by atoms with Crippen LogP contribution in [0.15, 0.2) is 0 Å². The van der Waals surface area contributed by atoms with Crippen LogP contribution in [0.5, 0.6) is 0 Å². The van der Waals surface area contributed by atoms with Gasteiger partial charge in [0.05, 0.1) is 12.1 Å². The highest BCUT2D eigenvalue weighted by Crippen LogP contribution is 2.40. The lowest BCUT2D eigenvalue weighted by Crippen LogP contribution is -2.52. The Kier molecular flexibility index (Phi) is 3.41. The summed E-state index contributed by atoms with van der Waals surface area (Å²) >= 11 is 0. The van der Waals surface area contributed by atoms with Crippen molar-refractivity contribution in [2.45, 2.75) is 70.4 Å². The van der Waals surface area contributed by atoms with Crippen molar-refractivity contribution in [2.24, 2.45) is 0 Å². The number of hydrogen-bond acceptors (Lipinski definition) is 4. The van der Waals surface area contributed by atoms with E-state index in [1.54, 1.807) is 0 Å². The van der Waals surface area contributed by atoms with Crippen LogP contribution in [0.4, 0.5) is 13.2 Å². The van der Waals surface area contributed by atoms with E-state index in [2.05, 4.69) is 0 Å². The quantitative estimate of drug-likeness (QED) is 0.562. The fourth-order valence-corrected chi connectivity index (χ4v) is 3.77. The maximum atomic E-state index is 16.1. The van der Waals surface area contributed by atoms with E-state index in [4.69, 9.17) is 11.0 Å². The lowest BCUT2D eigenvalue weighted by atomic mass is 9.85. The Hall–Kier alpha value is -2.42. The number of carbonyl (C=O) groups is 3. The number of fused-ring (bicyclic) bond motifs is 1. The summed E-state index contributed by atoms with van der Waals surface area (Å²) in [6.45, 7) is -3.62. The molecule has 0 saturated carbocycles. The van der Waals surface area contributed by atoms with Gasteiger partial charge >= 0.3 is 0 Å². The van der Waals surface area contributed by atoms with Crippen LogP contribution in [0, 0.1) is 17.5 Å². The summed E-state index contributed by atoms with van der Waals surface area (Å²) in [4.78, 5) is 37.8. The molecular formula is C22H26F3N3O3. The molecule has 1 N–H and O–H groups in total. The van der Waals surface area contributed by atoms with E-state index < -0.39 is 102 Å². The fraction of sp³-hybridized carbons (Fsp3) is 0.591. The zero-order chi connectivity index (χ0) is 29.8. The molecule has 0 spiro atoms. The lowest BCUT2D eigenvalue weighted by Gasteiger charge is -2.41. The third kappa shape index (κ3) is 3.62. The van der Waals surface area contributed by atoms with Crippen LogP contribution in [0.2, 0.25) is 0 Å². The second-order valence-corrected chi connectivity index (χ2v) is 8.56. The van der Waals surface area contributed by atoms with Crippen LogP contribution in [0.25, 0.3) is 0 Å². The third-order valence-electron chi connectivity index (χ3n) is 5.44. The SMILES string of the molecule is [2H]C1([2H])C(c2c(F)c(F)c3c(c2F)CN([C@@H]2CCC(=O)NC2=O)C3=O)C([2H])([2H])C([2H])([2H])N(C(C)(C)C)C1([2H])[2H]. The Morgan fingerprint density at radius 1 is 1.03 bits per heavy atom. The topological polar surface area (TPSA) is 69.7 Å². The lowest BCUT2D eigenvalue weighted by molar-refractivity contribution is -0.136. The number of nitrogens with zero attached hydrogens (tertiary/aromatic N) is 2. The number of likely N-dealkylation sites (tertiary alicyclic amines) is 1. The molecule has 0 bridgehead atoms. The molecule has 4 rings (SSSR count). The van der Waals surface area contributed by atoms with Gasteiger partial charge in [-0.2, -0.15) is 0 Å². The van der Waals surface area contributed by atoms with Crippen molar-refractivity contribution in [3.63, 3.8) is 0 Å². The first-order chi connectivity index (χ1) is 17.5. The second kappa shape index (κ2) is 7.62. The predicted molar refractivity (Wildman–Crippen MR) is 106 cm³/mol. The van der Waals surface area contributed by atoms with E-state index in [9.17, 15) is 14.4 Å². The number of piperidine rings is 2. The van der Waals surface area contributed by atoms with E-state index in [0.717, 1.165) is 0 Å². The summed E-state index contributed by atoms with van der Waals surface area (Å²) in [5.41, 5.74) is -5.02. The van der Waals surface area contributed by atoms with Gasteiger partial charge in [-0.15, -0.1) is 0 Å². The Morgan fingerprint density at radius 3 is 2.26 bits per heavy atom. The maximum absolute atomic E-state index is 16.1. The number of nitrogens with one attached hydrogen (secondary N) is 1. The largest absolute Gasteiger partial charge is 0.322 e. The summed E-state index contributed by atoms with van der Waals surface area (Å²) in [7, 11) is 0. The maximum Gasteiger partial charge on any atom is 0.258 e. The molecule has 3 aliphatic heterocycles. The summed E-state index contributed by atoms with van der Waals surface area (Å²) in [6.07, 6.45) is -7.44. The van der Waals surface area contributed by atoms with Crippen LogP contribution in [-0.4, -0.2) is 52.1 Å². The van der Waals surface area contributed by atoms with Crippen molar-refractivity contribution in [1.82, 2.24) is 15.1 Å². The first-order valence-electron chi connectivity index (χ1n) is 13.7. The minimum atomic E-state index is -3.54. The normalized spacial score (nSPS) is 33.7. The molecule has 168 valence electrons. The first-order valence-corrected chi connectivity index (χ1v) is 9.67. The Bertz CT molecular complexity index is 1270. The van der Waals surface area contributed by atoms with Crippen molar-refractivity contribution < 1.29 is 38.5 Å². The van der Waals surface area contributed by atoms with Gasteiger partial charge in [-0.25, -0.2) is 13.2 Å². The predicted octanol–water partition coefficient (Wildman–Crippen LogP) is 2.84. The van der Waals surface area contributed by atoms with Crippen LogP contribution < -0.4 is 5.32 Å². The van der Waals surface area contributed by atoms with Crippen molar-refractivity contribution in [1.29, 1.82) is 0 Å². The third-order valence-corrected chi connectivity index (χ3v) is 5.44. The van der Waals surface area contributed by atoms with Gasteiger partial charge in [-0.3, -0.25) is 24.6 Å². The average Bonchev–Trinajstić information content (AvgIpc) is 3.09. The molecule has 9 heteroatoms. The molecule has 3 amide bonds. The van der Waals surface area contributed by atoms with Gasteiger partial charge in [0.25, 0.3) is 5.91 Å².